The topological polar surface area (TPSA) is 113 Å². The SMILES string of the molecule is CNC/C(N)=C/N(N)c1ccc(N2CCN(Cc3ccccn3)C(=O)C2)c(F)c1.COC=S. The van der Waals surface area contributed by atoms with Crippen LogP contribution in [0.4, 0.5) is 15.8 Å². The summed E-state index contributed by atoms with van der Waals surface area (Å²) in [7, 11) is 3.29. The van der Waals surface area contributed by atoms with Crippen molar-refractivity contribution >= 4 is 35.1 Å². The lowest BCUT2D eigenvalue weighted by atomic mass is 10.2. The molecule has 3 rings (SSSR count). The average Bonchev–Trinajstić information content (AvgIpc) is 2.81. The number of halogens is 1. The monoisotopic (exact) mass is 475 g/mol. The van der Waals surface area contributed by atoms with Crippen LogP contribution < -0.4 is 26.8 Å². The van der Waals surface area contributed by atoms with Crippen LogP contribution in [0, 0.1) is 5.82 Å². The molecular formula is C22H30FN7O2S. The maximum absolute atomic E-state index is 14.7. The Kier molecular flexibility index (Phi) is 10.5. The van der Waals surface area contributed by atoms with Crippen LogP contribution in [0.15, 0.2) is 54.5 Å². The zero-order valence-corrected chi connectivity index (χ0v) is 19.6. The fourth-order valence-corrected chi connectivity index (χ4v) is 3.18. The van der Waals surface area contributed by atoms with E-state index in [4.69, 9.17) is 11.6 Å². The summed E-state index contributed by atoms with van der Waals surface area (Å²) in [5.41, 5.74) is 9.22. The Balaban J connectivity index is 0.000000890. The van der Waals surface area contributed by atoms with Gasteiger partial charge in [-0.3, -0.25) is 14.8 Å². The number of amides is 1. The standard InChI is InChI=1S/C20H26FN7O.C2H4OS/c1-24-11-15(22)12-28(23)17-5-6-19(18(21)10-17)26-8-9-27(20(29)14-26)13-16-4-2-3-7-25-16;1-3-2-4/h2-7,10,12,24H,8-9,11,13-14,22-23H2,1H3;2H,1H3/b15-12-;. The van der Waals surface area contributed by atoms with Gasteiger partial charge in [-0.2, -0.15) is 0 Å². The molecule has 0 unspecified atom stereocenters. The highest BCUT2D eigenvalue weighted by atomic mass is 32.1. The Bertz CT molecular complexity index is 946. The van der Waals surface area contributed by atoms with Crippen LogP contribution in [0.1, 0.15) is 5.69 Å². The van der Waals surface area contributed by atoms with Crippen molar-refractivity contribution in [3.8, 4) is 0 Å². The van der Waals surface area contributed by atoms with Crippen LogP contribution in [0.3, 0.4) is 0 Å². The highest BCUT2D eigenvalue weighted by molar-refractivity contribution is 7.78. The lowest BCUT2D eigenvalue weighted by Gasteiger charge is -2.35. The van der Waals surface area contributed by atoms with E-state index in [1.54, 1.807) is 35.2 Å². The third-order valence-electron chi connectivity index (χ3n) is 4.75. The number of nitrogens with two attached hydrogens (primary N) is 2. The van der Waals surface area contributed by atoms with Crippen LogP contribution >= 0.6 is 12.2 Å². The molecule has 0 spiro atoms. The summed E-state index contributed by atoms with van der Waals surface area (Å²) in [4.78, 5) is 20.3. The second kappa shape index (κ2) is 13.3. The number of thiocarbonyl (C=S) groups is 1. The molecule has 1 fully saturated rings. The largest absolute Gasteiger partial charge is 0.493 e. The molecule has 1 aliphatic heterocycles. The fourth-order valence-electron chi connectivity index (χ4n) is 3.18. The smallest absolute Gasteiger partial charge is 0.242 e. The van der Waals surface area contributed by atoms with Crippen molar-refractivity contribution in [2.45, 2.75) is 6.54 Å². The summed E-state index contributed by atoms with van der Waals surface area (Å²) < 4.78 is 19.0. The Morgan fingerprint density at radius 3 is 2.70 bits per heavy atom. The van der Waals surface area contributed by atoms with E-state index in [9.17, 15) is 9.18 Å². The van der Waals surface area contributed by atoms with Gasteiger partial charge in [0.15, 0.2) is 0 Å². The number of carbonyl (C=O) groups is 1. The Morgan fingerprint density at radius 1 is 1.36 bits per heavy atom. The van der Waals surface area contributed by atoms with E-state index in [0.717, 1.165) is 5.69 Å². The zero-order chi connectivity index (χ0) is 24.2. The summed E-state index contributed by atoms with van der Waals surface area (Å²) in [5, 5.41) is 4.19. The molecule has 1 saturated heterocycles. The number of methoxy groups -OCH3 is 1. The molecule has 1 aliphatic rings. The molecule has 2 aromatic rings. The van der Waals surface area contributed by atoms with Crippen molar-refractivity contribution < 1.29 is 13.9 Å². The van der Waals surface area contributed by atoms with Gasteiger partial charge in [0.2, 0.25) is 5.91 Å². The van der Waals surface area contributed by atoms with Gasteiger partial charge >= 0.3 is 0 Å². The first-order chi connectivity index (χ1) is 15.9. The summed E-state index contributed by atoms with van der Waals surface area (Å²) in [6.07, 6.45) is 3.24. The van der Waals surface area contributed by atoms with Crippen molar-refractivity contribution in [1.29, 1.82) is 0 Å². The van der Waals surface area contributed by atoms with Crippen LogP contribution in [0.5, 0.6) is 0 Å². The minimum absolute atomic E-state index is 0.0615. The predicted octanol–water partition coefficient (Wildman–Crippen LogP) is 1.36. The number of nitrogens with one attached hydrogen (secondary N) is 1. The minimum atomic E-state index is -0.440. The van der Waals surface area contributed by atoms with Gasteiger partial charge in [-0.15, -0.1) is 0 Å². The third kappa shape index (κ3) is 7.97. The van der Waals surface area contributed by atoms with Gasteiger partial charge < -0.3 is 25.6 Å². The van der Waals surface area contributed by atoms with Gasteiger partial charge in [0.1, 0.15) is 11.4 Å². The maximum Gasteiger partial charge on any atom is 0.242 e. The number of aromatic nitrogens is 1. The van der Waals surface area contributed by atoms with E-state index >= 15 is 0 Å². The molecule has 0 aliphatic carbocycles. The minimum Gasteiger partial charge on any atom is -0.493 e. The molecule has 0 bridgehead atoms. The first-order valence-electron chi connectivity index (χ1n) is 10.2. The first kappa shape index (κ1) is 26.0. The molecule has 1 amide bonds. The van der Waals surface area contributed by atoms with Crippen molar-refractivity contribution in [3.05, 3.63) is 66.0 Å². The number of rotatable bonds is 8. The number of pyridine rings is 1. The van der Waals surface area contributed by atoms with E-state index in [-0.39, 0.29) is 12.5 Å². The maximum atomic E-state index is 14.7. The first-order valence-corrected chi connectivity index (χ1v) is 10.7. The molecule has 0 radical (unpaired) electrons. The van der Waals surface area contributed by atoms with Gasteiger partial charge in [-0.1, -0.05) is 6.07 Å². The highest BCUT2D eigenvalue weighted by Crippen LogP contribution is 2.26. The predicted molar refractivity (Wildman–Crippen MR) is 132 cm³/mol. The normalized spacial score (nSPS) is 13.8. The third-order valence-corrected chi connectivity index (χ3v) is 4.94. The molecule has 33 heavy (non-hydrogen) atoms. The summed E-state index contributed by atoms with van der Waals surface area (Å²) in [6, 6.07) is 10.3. The van der Waals surface area contributed by atoms with E-state index in [1.807, 2.05) is 18.2 Å². The van der Waals surface area contributed by atoms with Gasteiger partial charge in [0.25, 0.3) is 0 Å². The second-order valence-electron chi connectivity index (χ2n) is 7.17. The summed E-state index contributed by atoms with van der Waals surface area (Å²) in [5.74, 6) is 5.44. The number of hydrogen-bond acceptors (Lipinski definition) is 9. The number of hydrazine groups is 1. The highest BCUT2D eigenvalue weighted by Gasteiger charge is 2.26. The van der Waals surface area contributed by atoms with Crippen LogP contribution in [0.25, 0.3) is 0 Å². The van der Waals surface area contributed by atoms with Crippen LogP contribution in [0.2, 0.25) is 0 Å². The van der Waals surface area contributed by atoms with Gasteiger partial charge in [0.05, 0.1) is 37.3 Å². The quantitative estimate of drug-likeness (QED) is 0.296. The molecule has 0 saturated carbocycles. The number of ether oxygens (including phenoxy) is 1. The van der Waals surface area contributed by atoms with Crippen molar-refractivity contribution in [2.75, 3.05) is 50.2 Å². The lowest BCUT2D eigenvalue weighted by Crippen LogP contribution is -2.50. The average molecular weight is 476 g/mol. The number of nitrogens with zero attached hydrogens (tertiary/aromatic N) is 4. The number of benzene rings is 1. The Labute approximate surface area is 198 Å². The van der Waals surface area contributed by atoms with Crippen LogP contribution in [-0.4, -0.2) is 61.7 Å². The number of piperazine rings is 1. The van der Waals surface area contributed by atoms with Gasteiger partial charge in [-0.25, -0.2) is 10.2 Å². The molecule has 1 aromatic carbocycles. The Morgan fingerprint density at radius 2 is 2.12 bits per heavy atom. The zero-order valence-electron chi connectivity index (χ0n) is 18.8. The molecule has 11 heteroatoms. The number of anilines is 2. The second-order valence-corrected chi connectivity index (χ2v) is 7.36. The summed E-state index contributed by atoms with van der Waals surface area (Å²) in [6.45, 7) is 2.08. The number of hydrogen-bond donors (Lipinski definition) is 3. The Hall–Kier alpha value is -3.28. The number of carbonyl (C=O) groups excluding carboxylic acids is 1. The molecule has 5 N–H and O–H groups in total. The van der Waals surface area contributed by atoms with E-state index in [0.29, 0.717) is 43.3 Å². The molecule has 0 atom stereocenters. The molecule has 9 nitrogen and oxygen atoms in total. The van der Waals surface area contributed by atoms with Gasteiger partial charge in [0, 0.05) is 43.8 Å². The molecule has 1 aromatic heterocycles. The van der Waals surface area contributed by atoms with E-state index in [2.05, 4.69) is 27.3 Å². The molecular weight excluding hydrogens is 445 g/mol. The fraction of sp³-hybridized carbons (Fsp3) is 0.318. The van der Waals surface area contributed by atoms with E-state index in [1.165, 1.54) is 29.9 Å². The molecule has 178 valence electrons. The van der Waals surface area contributed by atoms with Crippen molar-refractivity contribution in [3.63, 3.8) is 0 Å². The van der Waals surface area contributed by atoms with Gasteiger partial charge in [-0.05, 0) is 43.5 Å². The van der Waals surface area contributed by atoms with Crippen LogP contribution in [-0.2, 0) is 16.1 Å². The number of likely N-dealkylation sites (N-methyl/N-ethyl adjacent to an activating group) is 1. The van der Waals surface area contributed by atoms with Crippen molar-refractivity contribution in [1.82, 2.24) is 15.2 Å². The van der Waals surface area contributed by atoms with E-state index < -0.39 is 5.82 Å². The molecule has 2 heterocycles. The van der Waals surface area contributed by atoms with Crippen molar-refractivity contribution in [2.24, 2.45) is 11.6 Å². The lowest BCUT2D eigenvalue weighted by molar-refractivity contribution is -0.131. The summed E-state index contributed by atoms with van der Waals surface area (Å²) >= 11 is 4.21.